The molecule has 1 fully saturated rings. The van der Waals surface area contributed by atoms with E-state index in [-0.39, 0.29) is 17.4 Å². The largest absolute Gasteiger partial charge is 0.342 e. The van der Waals surface area contributed by atoms with Crippen molar-refractivity contribution in [2.75, 3.05) is 19.3 Å². The number of carbonyl (C=O) groups is 1. The number of rotatable bonds is 5. The molecule has 1 aliphatic heterocycles. The first-order valence-corrected chi connectivity index (χ1v) is 16.1. The Morgan fingerprint density at radius 2 is 1.82 bits per heavy atom. The molecule has 6 rings (SSSR count). The number of aromatic nitrogens is 5. The van der Waals surface area contributed by atoms with E-state index >= 15 is 0 Å². The van der Waals surface area contributed by atoms with E-state index in [9.17, 15) is 18.0 Å². The smallest absolute Gasteiger partial charge is 0.267 e. The summed E-state index contributed by atoms with van der Waals surface area (Å²) in [6, 6.07) is 15.6. The molecule has 44 heavy (non-hydrogen) atoms. The van der Waals surface area contributed by atoms with E-state index in [1.807, 2.05) is 30.3 Å². The number of hydrogen-bond donors (Lipinski definition) is 1. The number of nitrogens with zero attached hydrogens (tertiary/aromatic N) is 6. The molecule has 1 saturated heterocycles. The molecule has 11 nitrogen and oxygen atoms in total. The first kappa shape index (κ1) is 29.2. The minimum atomic E-state index is -3.23. The maximum Gasteiger partial charge on any atom is 0.267 e. The van der Waals surface area contributed by atoms with E-state index in [2.05, 4.69) is 27.2 Å². The highest BCUT2D eigenvalue weighted by Gasteiger charge is 2.26. The second-order valence-corrected chi connectivity index (χ2v) is 12.9. The molecular weight excluding hydrogens is 578 g/mol. The first-order valence-electron chi connectivity index (χ1n) is 14.3. The van der Waals surface area contributed by atoms with Crippen LogP contribution in [0.15, 0.2) is 71.8 Å². The van der Waals surface area contributed by atoms with Crippen LogP contribution in [0.5, 0.6) is 0 Å². The van der Waals surface area contributed by atoms with Gasteiger partial charge in [-0.05, 0) is 57.0 Å². The van der Waals surface area contributed by atoms with E-state index in [1.165, 1.54) is 15.1 Å². The van der Waals surface area contributed by atoms with Crippen LogP contribution in [-0.4, -0.2) is 62.1 Å². The lowest BCUT2D eigenvalue weighted by atomic mass is 9.98. The van der Waals surface area contributed by atoms with Gasteiger partial charge in [-0.2, -0.15) is 5.10 Å². The Balaban J connectivity index is 1.39. The number of aryl methyl sites for hydroxylation is 1. The Hall–Kier alpha value is -4.86. The summed E-state index contributed by atoms with van der Waals surface area (Å²) in [6.45, 7) is 4.38. The molecule has 1 amide bonds. The molecule has 224 valence electrons. The summed E-state index contributed by atoms with van der Waals surface area (Å²) in [4.78, 5) is 37.0. The van der Waals surface area contributed by atoms with Crippen LogP contribution in [-0.2, 0) is 10.0 Å². The average molecular weight is 610 g/mol. The Bertz CT molecular complexity index is 2120. The molecule has 1 unspecified atom stereocenters. The Labute approximate surface area is 254 Å². The lowest BCUT2D eigenvalue weighted by Gasteiger charge is -2.27. The lowest BCUT2D eigenvalue weighted by Crippen LogP contribution is -2.37. The molecule has 2 aromatic carbocycles. The Morgan fingerprint density at radius 3 is 2.55 bits per heavy atom. The Kier molecular flexibility index (Phi) is 7.75. The zero-order chi connectivity index (χ0) is 31.0. The number of nitrogens with one attached hydrogen (secondary N) is 1. The summed E-state index contributed by atoms with van der Waals surface area (Å²) in [7, 11) is -3.23. The molecule has 0 aliphatic carbocycles. The van der Waals surface area contributed by atoms with E-state index in [0.29, 0.717) is 70.8 Å². The van der Waals surface area contributed by atoms with Crippen LogP contribution < -0.4 is 10.9 Å². The fraction of sp³-hybridized carbons (Fsp3) is 0.281. The van der Waals surface area contributed by atoms with Gasteiger partial charge in [0.25, 0.3) is 11.5 Å². The molecule has 5 aromatic rings. The summed E-state index contributed by atoms with van der Waals surface area (Å²) in [6.07, 6.45) is 5.81. The van der Waals surface area contributed by atoms with Crippen LogP contribution in [0.1, 0.15) is 53.2 Å². The summed E-state index contributed by atoms with van der Waals surface area (Å²) in [5.41, 5.74) is 2.64. The number of piperidine rings is 1. The zero-order valence-corrected chi connectivity index (χ0v) is 25.4. The maximum atomic E-state index is 14.3. The van der Waals surface area contributed by atoms with Gasteiger partial charge in [0.1, 0.15) is 11.4 Å². The SMILES string of the molecule is Cc1nn2cccnc2c1C(=O)NC(C)c1nc2cccc(C#CC3CCN(S(C)(=O)=O)CC3)c2c(=O)n1-c1ccccc1. The van der Waals surface area contributed by atoms with Crippen LogP contribution in [0, 0.1) is 24.7 Å². The fourth-order valence-electron chi connectivity index (χ4n) is 5.58. The third kappa shape index (κ3) is 5.59. The molecule has 0 saturated carbocycles. The van der Waals surface area contributed by atoms with E-state index < -0.39 is 16.1 Å². The minimum Gasteiger partial charge on any atom is -0.342 e. The summed E-state index contributed by atoms with van der Waals surface area (Å²) in [5.74, 6) is 6.47. The van der Waals surface area contributed by atoms with Crippen molar-refractivity contribution in [2.24, 2.45) is 5.92 Å². The number of fused-ring (bicyclic) bond motifs is 2. The van der Waals surface area contributed by atoms with Gasteiger partial charge in [0.15, 0.2) is 5.65 Å². The van der Waals surface area contributed by atoms with Gasteiger partial charge >= 0.3 is 0 Å². The van der Waals surface area contributed by atoms with Crippen molar-refractivity contribution in [3.8, 4) is 17.5 Å². The lowest BCUT2D eigenvalue weighted by molar-refractivity contribution is 0.0938. The van der Waals surface area contributed by atoms with Crippen molar-refractivity contribution < 1.29 is 13.2 Å². The third-order valence-electron chi connectivity index (χ3n) is 7.80. The van der Waals surface area contributed by atoms with Gasteiger partial charge in [-0.3, -0.25) is 14.2 Å². The number of amides is 1. The molecule has 1 N–H and O–H groups in total. The van der Waals surface area contributed by atoms with E-state index in [4.69, 9.17) is 4.98 Å². The van der Waals surface area contributed by atoms with Crippen LogP contribution in [0.4, 0.5) is 0 Å². The van der Waals surface area contributed by atoms with Gasteiger partial charge in [0.05, 0.1) is 34.6 Å². The van der Waals surface area contributed by atoms with Gasteiger partial charge in [-0.15, -0.1) is 0 Å². The first-order chi connectivity index (χ1) is 21.1. The number of sulfonamides is 1. The number of benzene rings is 2. The van der Waals surface area contributed by atoms with Crippen LogP contribution in [0.25, 0.3) is 22.2 Å². The molecule has 1 atom stereocenters. The predicted molar refractivity (Wildman–Crippen MR) is 167 cm³/mol. The third-order valence-corrected chi connectivity index (χ3v) is 9.11. The second kappa shape index (κ2) is 11.7. The van der Waals surface area contributed by atoms with Gasteiger partial charge in [-0.1, -0.05) is 36.1 Å². The quantitative estimate of drug-likeness (QED) is 0.303. The van der Waals surface area contributed by atoms with Crippen LogP contribution in [0.3, 0.4) is 0 Å². The fourth-order valence-corrected chi connectivity index (χ4v) is 6.45. The summed E-state index contributed by atoms with van der Waals surface area (Å²) < 4.78 is 28.3. The zero-order valence-electron chi connectivity index (χ0n) is 24.6. The summed E-state index contributed by atoms with van der Waals surface area (Å²) >= 11 is 0. The number of hydrogen-bond acceptors (Lipinski definition) is 7. The minimum absolute atomic E-state index is 0.0138. The molecular formula is C32H31N7O4S. The van der Waals surface area contributed by atoms with Crippen LogP contribution >= 0.6 is 0 Å². The highest BCUT2D eigenvalue weighted by molar-refractivity contribution is 7.88. The highest BCUT2D eigenvalue weighted by Crippen LogP contribution is 2.23. The van der Waals surface area contributed by atoms with Gasteiger partial charge in [0.2, 0.25) is 10.0 Å². The van der Waals surface area contributed by atoms with E-state index in [0.717, 1.165) is 0 Å². The molecule has 1 aliphatic rings. The van der Waals surface area contributed by atoms with Gasteiger partial charge in [-0.25, -0.2) is 27.2 Å². The molecule has 0 bridgehead atoms. The van der Waals surface area contributed by atoms with Gasteiger partial charge in [0, 0.05) is 37.0 Å². The van der Waals surface area contributed by atoms with Crippen molar-refractivity contribution in [1.82, 2.24) is 33.8 Å². The Morgan fingerprint density at radius 1 is 1.07 bits per heavy atom. The predicted octanol–water partition coefficient (Wildman–Crippen LogP) is 3.25. The molecule has 0 radical (unpaired) electrons. The van der Waals surface area contributed by atoms with Crippen molar-refractivity contribution in [1.29, 1.82) is 0 Å². The normalized spacial score (nSPS) is 15.2. The topological polar surface area (TPSA) is 132 Å². The summed E-state index contributed by atoms with van der Waals surface area (Å²) in [5, 5.41) is 7.77. The van der Waals surface area contributed by atoms with Crippen molar-refractivity contribution >= 4 is 32.5 Å². The van der Waals surface area contributed by atoms with Crippen molar-refractivity contribution in [3.05, 3.63) is 100.0 Å². The van der Waals surface area contributed by atoms with E-state index in [1.54, 1.807) is 55.0 Å². The average Bonchev–Trinajstić information content (AvgIpc) is 3.35. The molecule has 4 heterocycles. The maximum absolute atomic E-state index is 14.3. The standard InChI is InChI=1S/C32H31N7O4S/c1-21-27(30-33-17-8-18-38(30)36-21)31(40)34-22(2)29-35-26-12-7-9-24(14-13-23-15-19-37(20-16-23)44(3,42)43)28(26)32(41)39(29)25-10-5-4-6-11-25/h4-12,17-18,22-23H,15-16,19-20H2,1-3H3,(H,34,40). The van der Waals surface area contributed by atoms with Crippen molar-refractivity contribution in [3.63, 3.8) is 0 Å². The number of carbonyl (C=O) groups excluding carboxylic acids is 1. The monoisotopic (exact) mass is 609 g/mol. The highest BCUT2D eigenvalue weighted by atomic mass is 32.2. The van der Waals surface area contributed by atoms with Crippen LogP contribution in [0.2, 0.25) is 0 Å². The molecule has 0 spiro atoms. The molecule has 3 aromatic heterocycles. The molecule has 12 heteroatoms. The van der Waals surface area contributed by atoms with Gasteiger partial charge < -0.3 is 5.32 Å². The number of para-hydroxylation sites is 1. The second-order valence-electron chi connectivity index (χ2n) is 10.9. The van der Waals surface area contributed by atoms with Crippen molar-refractivity contribution in [2.45, 2.75) is 32.7 Å².